The Kier molecular flexibility index (Phi) is 4.96. The van der Waals surface area contributed by atoms with E-state index in [9.17, 15) is 0 Å². The van der Waals surface area contributed by atoms with Crippen molar-refractivity contribution in [1.29, 1.82) is 0 Å². The molecule has 1 rings (SSSR count). The Morgan fingerprint density at radius 2 is 2.18 bits per heavy atom. The van der Waals surface area contributed by atoms with Crippen LogP contribution in [0.5, 0.6) is 5.88 Å². The molecule has 6 nitrogen and oxygen atoms in total. The Morgan fingerprint density at radius 3 is 2.76 bits per heavy atom. The Morgan fingerprint density at radius 1 is 1.47 bits per heavy atom. The Balaban J connectivity index is 2.85. The van der Waals surface area contributed by atoms with E-state index in [1.165, 1.54) is 6.33 Å². The lowest BCUT2D eigenvalue weighted by Gasteiger charge is -2.20. The predicted octanol–water partition coefficient (Wildman–Crippen LogP) is 0.502. The van der Waals surface area contributed by atoms with Crippen molar-refractivity contribution in [2.45, 2.75) is 20.0 Å². The van der Waals surface area contributed by atoms with Gasteiger partial charge in [-0.05, 0) is 20.9 Å². The van der Waals surface area contributed by atoms with Crippen LogP contribution in [0.1, 0.15) is 13.8 Å². The molecule has 3 N–H and O–H groups in total. The molecule has 1 heterocycles. The first-order valence-electron chi connectivity index (χ1n) is 5.69. The van der Waals surface area contributed by atoms with E-state index in [-0.39, 0.29) is 6.10 Å². The predicted molar refractivity (Wildman–Crippen MR) is 69.4 cm³/mol. The lowest BCUT2D eigenvalue weighted by atomic mass is 10.4. The molecule has 0 saturated carbocycles. The zero-order chi connectivity index (χ0) is 12.8. The molecule has 0 fully saturated rings. The molecule has 0 bridgehead atoms. The van der Waals surface area contributed by atoms with Crippen LogP contribution in [0.3, 0.4) is 0 Å². The highest BCUT2D eigenvalue weighted by Gasteiger charge is 2.13. The van der Waals surface area contributed by atoms with Gasteiger partial charge in [0.2, 0.25) is 5.88 Å². The highest BCUT2D eigenvalue weighted by molar-refractivity contribution is 5.67. The van der Waals surface area contributed by atoms with Crippen LogP contribution in [0.15, 0.2) is 6.33 Å². The highest BCUT2D eigenvalue weighted by Crippen LogP contribution is 2.27. The first kappa shape index (κ1) is 13.5. The number of ether oxygens (including phenoxy) is 1. The van der Waals surface area contributed by atoms with E-state index in [1.54, 1.807) is 0 Å². The molecule has 0 saturated heterocycles. The minimum Gasteiger partial charge on any atom is -0.473 e. The Hall–Kier alpha value is -1.56. The molecule has 0 aliphatic heterocycles. The molecule has 0 radical (unpaired) electrons. The molecule has 0 aromatic carbocycles. The number of aromatic nitrogens is 2. The largest absolute Gasteiger partial charge is 0.473 e. The summed E-state index contributed by atoms with van der Waals surface area (Å²) in [6.45, 7) is 5.55. The van der Waals surface area contributed by atoms with Crippen molar-refractivity contribution in [3.8, 4) is 5.88 Å². The van der Waals surface area contributed by atoms with E-state index in [4.69, 9.17) is 10.5 Å². The number of nitrogens with zero attached hydrogens (tertiary/aromatic N) is 3. The number of nitrogens with two attached hydrogens (primary N) is 1. The summed E-state index contributed by atoms with van der Waals surface area (Å²) >= 11 is 0. The molecule has 0 unspecified atom stereocenters. The third kappa shape index (κ3) is 3.74. The third-order valence-corrected chi connectivity index (χ3v) is 2.23. The minimum absolute atomic E-state index is 0.0441. The Labute approximate surface area is 102 Å². The van der Waals surface area contributed by atoms with E-state index in [2.05, 4.69) is 15.3 Å². The molecule has 1 aromatic rings. The van der Waals surface area contributed by atoms with Gasteiger partial charge in [0, 0.05) is 20.1 Å². The van der Waals surface area contributed by atoms with Gasteiger partial charge in [-0.3, -0.25) is 0 Å². The maximum atomic E-state index is 5.99. The van der Waals surface area contributed by atoms with Crippen molar-refractivity contribution in [2.24, 2.45) is 0 Å². The van der Waals surface area contributed by atoms with Crippen molar-refractivity contribution in [1.82, 2.24) is 15.3 Å². The maximum absolute atomic E-state index is 5.99. The summed E-state index contributed by atoms with van der Waals surface area (Å²) < 4.78 is 5.52. The van der Waals surface area contributed by atoms with Gasteiger partial charge >= 0.3 is 0 Å². The van der Waals surface area contributed by atoms with Crippen LogP contribution in [-0.4, -0.2) is 43.3 Å². The van der Waals surface area contributed by atoms with Crippen molar-refractivity contribution in [2.75, 3.05) is 37.8 Å². The zero-order valence-electron chi connectivity index (χ0n) is 10.9. The molecule has 1 aromatic heterocycles. The molecule has 0 aliphatic carbocycles. The average molecular weight is 239 g/mol. The van der Waals surface area contributed by atoms with Gasteiger partial charge < -0.3 is 20.7 Å². The van der Waals surface area contributed by atoms with Gasteiger partial charge in [-0.2, -0.15) is 4.98 Å². The number of hydrogen-bond donors (Lipinski definition) is 2. The zero-order valence-corrected chi connectivity index (χ0v) is 10.9. The van der Waals surface area contributed by atoms with Crippen molar-refractivity contribution < 1.29 is 4.74 Å². The number of nitrogen functional groups attached to an aromatic ring is 1. The summed E-state index contributed by atoms with van der Waals surface area (Å²) in [7, 11) is 3.85. The fourth-order valence-electron chi connectivity index (χ4n) is 1.38. The number of hydrogen-bond acceptors (Lipinski definition) is 6. The number of rotatable bonds is 6. The van der Waals surface area contributed by atoms with Gasteiger partial charge in [0.1, 0.15) is 12.0 Å². The van der Waals surface area contributed by atoms with Crippen LogP contribution in [0, 0.1) is 0 Å². The topological polar surface area (TPSA) is 76.3 Å². The SMILES string of the molecule is CNCCN(C)c1ncnc(OC(C)C)c1N. The van der Waals surface area contributed by atoms with Gasteiger partial charge in [0.15, 0.2) is 5.82 Å². The monoisotopic (exact) mass is 239 g/mol. The van der Waals surface area contributed by atoms with Gasteiger partial charge in [0.05, 0.1) is 6.10 Å². The maximum Gasteiger partial charge on any atom is 0.242 e. The van der Waals surface area contributed by atoms with E-state index < -0.39 is 0 Å². The second-order valence-electron chi connectivity index (χ2n) is 4.11. The van der Waals surface area contributed by atoms with Crippen LogP contribution >= 0.6 is 0 Å². The van der Waals surface area contributed by atoms with E-state index in [1.807, 2.05) is 32.8 Å². The van der Waals surface area contributed by atoms with E-state index >= 15 is 0 Å². The highest BCUT2D eigenvalue weighted by atomic mass is 16.5. The fourth-order valence-corrected chi connectivity index (χ4v) is 1.38. The van der Waals surface area contributed by atoms with Crippen molar-refractivity contribution in [3.05, 3.63) is 6.33 Å². The number of anilines is 2. The van der Waals surface area contributed by atoms with E-state index in [0.717, 1.165) is 13.1 Å². The summed E-state index contributed by atoms with van der Waals surface area (Å²) in [4.78, 5) is 10.2. The van der Waals surface area contributed by atoms with E-state index in [0.29, 0.717) is 17.4 Å². The summed E-state index contributed by atoms with van der Waals surface area (Å²) in [5.74, 6) is 1.15. The van der Waals surface area contributed by atoms with Crippen LogP contribution in [0.4, 0.5) is 11.5 Å². The molecule has 0 atom stereocenters. The molecule has 0 aliphatic rings. The smallest absolute Gasteiger partial charge is 0.242 e. The molecule has 6 heteroatoms. The summed E-state index contributed by atoms with van der Waals surface area (Å²) in [6, 6.07) is 0. The lowest BCUT2D eigenvalue weighted by Crippen LogP contribution is -2.28. The van der Waals surface area contributed by atoms with Crippen LogP contribution in [-0.2, 0) is 0 Å². The average Bonchev–Trinajstić information content (AvgIpc) is 2.28. The second-order valence-corrected chi connectivity index (χ2v) is 4.11. The second kappa shape index (κ2) is 6.24. The third-order valence-electron chi connectivity index (χ3n) is 2.23. The number of nitrogens with one attached hydrogen (secondary N) is 1. The van der Waals surface area contributed by atoms with Crippen LogP contribution in [0.25, 0.3) is 0 Å². The molecular formula is C11H21N5O. The Bertz CT molecular complexity index is 356. The van der Waals surface area contributed by atoms with Gasteiger partial charge in [-0.1, -0.05) is 0 Å². The molecule has 0 amide bonds. The molecule has 0 spiro atoms. The van der Waals surface area contributed by atoms with Crippen molar-refractivity contribution >= 4 is 11.5 Å². The van der Waals surface area contributed by atoms with Crippen LogP contribution < -0.4 is 20.7 Å². The normalized spacial score (nSPS) is 10.6. The minimum atomic E-state index is 0.0441. The van der Waals surface area contributed by atoms with Crippen molar-refractivity contribution in [3.63, 3.8) is 0 Å². The van der Waals surface area contributed by atoms with Gasteiger partial charge in [-0.15, -0.1) is 0 Å². The first-order valence-corrected chi connectivity index (χ1v) is 5.69. The van der Waals surface area contributed by atoms with Crippen LogP contribution in [0.2, 0.25) is 0 Å². The first-order chi connectivity index (χ1) is 8.06. The summed E-state index contributed by atoms with van der Waals surface area (Å²) in [5.41, 5.74) is 6.48. The standard InChI is InChI=1S/C11H21N5O/c1-8(2)17-11-9(12)10(14-7-15-11)16(4)6-5-13-3/h7-8,13H,5-6,12H2,1-4H3. The summed E-state index contributed by atoms with van der Waals surface area (Å²) in [6.07, 6.45) is 1.52. The fraction of sp³-hybridized carbons (Fsp3) is 0.636. The molecule has 96 valence electrons. The lowest BCUT2D eigenvalue weighted by molar-refractivity contribution is 0.234. The molecular weight excluding hydrogens is 218 g/mol. The summed E-state index contributed by atoms with van der Waals surface area (Å²) in [5, 5.41) is 3.08. The number of likely N-dealkylation sites (N-methyl/N-ethyl adjacent to an activating group) is 2. The quantitative estimate of drug-likeness (QED) is 0.753. The van der Waals surface area contributed by atoms with Gasteiger partial charge in [-0.25, -0.2) is 4.98 Å². The molecule has 17 heavy (non-hydrogen) atoms. The van der Waals surface area contributed by atoms with Gasteiger partial charge in [0.25, 0.3) is 0 Å².